The number of ether oxygens (including phenoxy) is 1. The second kappa shape index (κ2) is 11.0. The van der Waals surface area contributed by atoms with Gasteiger partial charge in [0, 0.05) is 29.2 Å². The van der Waals surface area contributed by atoms with Crippen LogP contribution in [0.5, 0.6) is 5.75 Å². The van der Waals surface area contributed by atoms with Gasteiger partial charge in [-0.1, -0.05) is 11.6 Å². The molecule has 3 rings (SSSR count). The van der Waals surface area contributed by atoms with E-state index in [1.807, 2.05) is 6.92 Å². The molecule has 1 saturated carbocycles. The molecule has 0 spiro atoms. The number of halogens is 1. The Morgan fingerprint density at radius 2 is 1.50 bits per heavy atom. The molecule has 0 saturated heterocycles. The first-order chi connectivity index (χ1) is 15.3. The van der Waals surface area contributed by atoms with E-state index in [0.717, 1.165) is 5.56 Å². The monoisotopic (exact) mass is 458 g/mol. The average molecular weight is 459 g/mol. The zero-order chi connectivity index (χ0) is 23.1. The van der Waals surface area contributed by atoms with Crippen LogP contribution in [0.4, 0.5) is 0 Å². The van der Waals surface area contributed by atoms with E-state index in [0.29, 0.717) is 60.7 Å². The van der Waals surface area contributed by atoms with Crippen LogP contribution in [-0.4, -0.2) is 42.1 Å². The third-order valence-corrected chi connectivity index (χ3v) is 5.98. The molecule has 0 heterocycles. The van der Waals surface area contributed by atoms with Crippen molar-refractivity contribution in [2.75, 3.05) is 13.1 Å². The van der Waals surface area contributed by atoms with E-state index in [4.69, 9.17) is 21.4 Å². The average Bonchev–Trinajstić information content (AvgIpc) is 2.79. The number of aliphatic carboxylic acids is 1. The zero-order valence-corrected chi connectivity index (χ0v) is 18.7. The molecule has 2 aromatic carbocycles. The first-order valence-corrected chi connectivity index (χ1v) is 11.0. The maximum Gasteiger partial charge on any atom is 0.306 e. The molecule has 2 amide bonds. The summed E-state index contributed by atoms with van der Waals surface area (Å²) in [5, 5.41) is 15.2. The van der Waals surface area contributed by atoms with Crippen molar-refractivity contribution in [3.63, 3.8) is 0 Å². The van der Waals surface area contributed by atoms with E-state index < -0.39 is 5.97 Å². The lowest BCUT2D eigenvalue weighted by Crippen LogP contribution is -2.34. The molecule has 0 unspecified atom stereocenters. The lowest BCUT2D eigenvalue weighted by molar-refractivity contribution is -0.143. The third-order valence-electron chi connectivity index (χ3n) is 5.56. The molecule has 0 aromatic heterocycles. The van der Waals surface area contributed by atoms with Gasteiger partial charge in [0.05, 0.1) is 12.0 Å². The molecule has 1 aliphatic rings. The minimum Gasteiger partial charge on any atom is -0.490 e. The zero-order valence-electron chi connectivity index (χ0n) is 17.9. The number of nitrogens with one attached hydrogen (secondary N) is 2. The number of rotatable bonds is 8. The van der Waals surface area contributed by atoms with Crippen molar-refractivity contribution in [2.24, 2.45) is 5.92 Å². The fraction of sp³-hybridized carbons (Fsp3) is 0.375. The third kappa shape index (κ3) is 6.47. The fourth-order valence-corrected chi connectivity index (χ4v) is 3.76. The Morgan fingerprint density at radius 3 is 2.06 bits per heavy atom. The molecule has 1 aliphatic carbocycles. The maximum absolute atomic E-state index is 12.3. The van der Waals surface area contributed by atoms with Gasteiger partial charge in [0.15, 0.2) is 0 Å². The molecule has 0 radical (unpaired) electrons. The van der Waals surface area contributed by atoms with Crippen molar-refractivity contribution in [3.05, 3.63) is 64.2 Å². The fourth-order valence-electron chi connectivity index (χ4n) is 3.65. The van der Waals surface area contributed by atoms with Gasteiger partial charge in [-0.2, -0.15) is 0 Å². The molecule has 1 fully saturated rings. The summed E-state index contributed by atoms with van der Waals surface area (Å²) in [6.45, 7) is 2.42. The normalized spacial score (nSPS) is 17.9. The SMILES string of the molecule is Cc1cc(C(=O)NCCNC(=O)c2ccc(O[C@H]3CC[C@@H](C(=O)O)CC3)cc2)ccc1Cl. The summed E-state index contributed by atoms with van der Waals surface area (Å²) in [5.41, 5.74) is 1.84. The van der Waals surface area contributed by atoms with Gasteiger partial charge >= 0.3 is 5.97 Å². The predicted octanol–water partition coefficient (Wildman–Crippen LogP) is 3.83. The van der Waals surface area contributed by atoms with Crippen molar-refractivity contribution >= 4 is 29.4 Å². The van der Waals surface area contributed by atoms with Gasteiger partial charge in [0.1, 0.15) is 5.75 Å². The highest BCUT2D eigenvalue weighted by Gasteiger charge is 2.26. The Kier molecular flexibility index (Phi) is 8.11. The Bertz CT molecular complexity index is 969. The van der Waals surface area contributed by atoms with E-state index in [9.17, 15) is 14.4 Å². The van der Waals surface area contributed by atoms with Crippen LogP contribution >= 0.6 is 11.6 Å². The number of carboxylic acid groups (broad SMARTS) is 1. The highest BCUT2D eigenvalue weighted by atomic mass is 35.5. The van der Waals surface area contributed by atoms with Gasteiger partial charge < -0.3 is 20.5 Å². The number of hydrogen-bond acceptors (Lipinski definition) is 4. The number of amides is 2. The predicted molar refractivity (Wildman–Crippen MR) is 121 cm³/mol. The molecule has 0 atom stereocenters. The van der Waals surface area contributed by atoms with Gasteiger partial charge in [-0.25, -0.2) is 0 Å². The number of hydrogen-bond donors (Lipinski definition) is 3. The van der Waals surface area contributed by atoms with Crippen molar-refractivity contribution < 1.29 is 24.2 Å². The second-order valence-electron chi connectivity index (χ2n) is 7.93. The number of carbonyl (C=O) groups excluding carboxylic acids is 2. The minimum absolute atomic E-state index is 0.00156. The van der Waals surface area contributed by atoms with E-state index in [1.165, 1.54) is 0 Å². The molecule has 3 N–H and O–H groups in total. The first kappa shape index (κ1) is 23.6. The lowest BCUT2D eigenvalue weighted by Gasteiger charge is -2.26. The van der Waals surface area contributed by atoms with Crippen molar-refractivity contribution in [2.45, 2.75) is 38.7 Å². The Morgan fingerprint density at radius 1 is 0.938 bits per heavy atom. The summed E-state index contributed by atoms with van der Waals surface area (Å²) in [6, 6.07) is 11.9. The number of carboxylic acids is 1. The van der Waals surface area contributed by atoms with Crippen LogP contribution in [0.15, 0.2) is 42.5 Å². The van der Waals surface area contributed by atoms with Crippen molar-refractivity contribution in [1.82, 2.24) is 10.6 Å². The summed E-state index contributed by atoms with van der Waals surface area (Å²) in [6.07, 6.45) is 2.66. The lowest BCUT2D eigenvalue weighted by atomic mass is 9.87. The summed E-state index contributed by atoms with van der Waals surface area (Å²) in [4.78, 5) is 35.5. The highest BCUT2D eigenvalue weighted by molar-refractivity contribution is 6.31. The van der Waals surface area contributed by atoms with Crippen LogP contribution in [0.1, 0.15) is 52.0 Å². The Balaban J connectivity index is 1.39. The van der Waals surface area contributed by atoms with Gasteiger partial charge in [0.2, 0.25) is 0 Å². The molecule has 8 heteroatoms. The molecular formula is C24H27ClN2O5. The van der Waals surface area contributed by atoms with Crippen LogP contribution in [0.2, 0.25) is 5.02 Å². The van der Waals surface area contributed by atoms with Crippen LogP contribution in [-0.2, 0) is 4.79 Å². The van der Waals surface area contributed by atoms with Gasteiger partial charge in [-0.15, -0.1) is 0 Å². The Hall–Kier alpha value is -3.06. The quantitative estimate of drug-likeness (QED) is 0.521. The molecular weight excluding hydrogens is 432 g/mol. The number of carbonyl (C=O) groups is 3. The maximum atomic E-state index is 12.3. The Labute approximate surface area is 192 Å². The van der Waals surface area contributed by atoms with Crippen LogP contribution in [0.3, 0.4) is 0 Å². The van der Waals surface area contributed by atoms with Crippen molar-refractivity contribution in [3.8, 4) is 5.75 Å². The summed E-state index contributed by atoms with van der Waals surface area (Å²) in [5.74, 6) is -0.821. The largest absolute Gasteiger partial charge is 0.490 e. The van der Waals surface area contributed by atoms with E-state index in [-0.39, 0.29) is 23.8 Å². The van der Waals surface area contributed by atoms with Crippen LogP contribution in [0, 0.1) is 12.8 Å². The molecule has 0 aliphatic heterocycles. The standard InChI is InChI=1S/C24H27ClN2O5/c1-15-14-18(6-11-21(15)25)23(29)27-13-12-26-22(28)16-2-7-19(8-3-16)32-20-9-4-17(5-10-20)24(30)31/h2-3,6-8,11,14,17,20H,4-5,9-10,12-13H2,1H3,(H,26,28)(H,27,29)(H,30,31)/t17-,20+. The summed E-state index contributed by atoms with van der Waals surface area (Å²) in [7, 11) is 0. The molecule has 7 nitrogen and oxygen atoms in total. The number of benzene rings is 2. The molecule has 2 aromatic rings. The van der Waals surface area contributed by atoms with Gasteiger partial charge in [-0.05, 0) is 80.6 Å². The summed E-state index contributed by atoms with van der Waals surface area (Å²) < 4.78 is 5.92. The molecule has 170 valence electrons. The van der Waals surface area contributed by atoms with Crippen LogP contribution in [0.25, 0.3) is 0 Å². The first-order valence-electron chi connectivity index (χ1n) is 10.7. The van der Waals surface area contributed by atoms with E-state index in [1.54, 1.807) is 42.5 Å². The smallest absolute Gasteiger partial charge is 0.306 e. The molecule has 32 heavy (non-hydrogen) atoms. The second-order valence-corrected chi connectivity index (χ2v) is 8.34. The highest BCUT2D eigenvalue weighted by Crippen LogP contribution is 2.28. The van der Waals surface area contributed by atoms with E-state index in [2.05, 4.69) is 10.6 Å². The number of aryl methyl sites for hydroxylation is 1. The van der Waals surface area contributed by atoms with Crippen molar-refractivity contribution in [1.29, 1.82) is 0 Å². The van der Waals surface area contributed by atoms with Gasteiger partial charge in [0.25, 0.3) is 11.8 Å². The summed E-state index contributed by atoms with van der Waals surface area (Å²) >= 11 is 5.97. The van der Waals surface area contributed by atoms with Crippen LogP contribution < -0.4 is 15.4 Å². The van der Waals surface area contributed by atoms with Gasteiger partial charge in [-0.3, -0.25) is 14.4 Å². The van der Waals surface area contributed by atoms with E-state index >= 15 is 0 Å². The minimum atomic E-state index is -0.738. The topological polar surface area (TPSA) is 105 Å². The molecule has 0 bridgehead atoms.